The molecule has 5 nitrogen and oxygen atoms in total. The second-order valence-electron chi connectivity index (χ2n) is 5.25. The van der Waals surface area contributed by atoms with E-state index in [9.17, 15) is 4.79 Å². The first-order valence-corrected chi connectivity index (χ1v) is 6.68. The monoisotopic (exact) mass is 250 g/mol. The maximum atomic E-state index is 11.4. The Labute approximate surface area is 106 Å². The Kier molecular flexibility index (Phi) is 3.32. The number of carbonyl (C=O) groups is 1. The first-order valence-electron chi connectivity index (χ1n) is 6.68. The van der Waals surface area contributed by atoms with Crippen molar-refractivity contribution < 1.29 is 14.6 Å². The SMILES string of the molecule is O=C(OOCCC(C1CC1)C1CC1)n1cccn1. The fourth-order valence-electron chi connectivity index (χ4n) is 2.60. The molecule has 0 radical (unpaired) electrons. The van der Waals surface area contributed by atoms with E-state index >= 15 is 0 Å². The molecule has 0 atom stereocenters. The molecule has 0 aliphatic heterocycles. The highest BCUT2D eigenvalue weighted by molar-refractivity contribution is 5.68. The zero-order valence-electron chi connectivity index (χ0n) is 10.3. The molecule has 0 spiro atoms. The Bertz CT molecular complexity index is 384. The molecule has 1 aromatic heterocycles. The minimum atomic E-state index is -0.589. The van der Waals surface area contributed by atoms with Crippen LogP contribution in [0.25, 0.3) is 0 Å². The van der Waals surface area contributed by atoms with Gasteiger partial charge in [0.15, 0.2) is 0 Å². The summed E-state index contributed by atoms with van der Waals surface area (Å²) < 4.78 is 1.11. The summed E-state index contributed by atoms with van der Waals surface area (Å²) in [4.78, 5) is 21.1. The van der Waals surface area contributed by atoms with Crippen molar-refractivity contribution in [2.75, 3.05) is 6.61 Å². The van der Waals surface area contributed by atoms with Gasteiger partial charge in [0.25, 0.3) is 0 Å². The third-order valence-electron chi connectivity index (χ3n) is 3.81. The van der Waals surface area contributed by atoms with Crippen LogP contribution in [0.1, 0.15) is 32.1 Å². The fraction of sp³-hybridized carbons (Fsp3) is 0.692. The Hall–Kier alpha value is -1.36. The molecule has 0 unspecified atom stereocenters. The van der Waals surface area contributed by atoms with Crippen LogP contribution in [0, 0.1) is 17.8 Å². The second kappa shape index (κ2) is 5.10. The van der Waals surface area contributed by atoms with Crippen LogP contribution in [0.2, 0.25) is 0 Å². The van der Waals surface area contributed by atoms with E-state index in [1.54, 1.807) is 6.07 Å². The lowest BCUT2D eigenvalue weighted by molar-refractivity contribution is -0.241. The van der Waals surface area contributed by atoms with Gasteiger partial charge < -0.3 is 0 Å². The van der Waals surface area contributed by atoms with Crippen molar-refractivity contribution in [3.05, 3.63) is 18.5 Å². The van der Waals surface area contributed by atoms with Gasteiger partial charge in [0.1, 0.15) is 0 Å². The molecule has 3 rings (SSSR count). The number of carbonyl (C=O) groups excluding carboxylic acids is 1. The standard InChI is InChI=1S/C13H18N2O3/c16-13(15-8-1-7-14-15)18-17-9-6-12(10-2-3-10)11-4-5-11/h1,7-8,10-12H,2-6,9H2. The summed E-state index contributed by atoms with van der Waals surface area (Å²) >= 11 is 0. The summed E-state index contributed by atoms with van der Waals surface area (Å²) in [5.41, 5.74) is 0. The quantitative estimate of drug-likeness (QED) is 0.442. The average Bonchev–Trinajstić information content (AvgIpc) is 3.30. The summed E-state index contributed by atoms with van der Waals surface area (Å²) in [5, 5.41) is 3.77. The van der Waals surface area contributed by atoms with E-state index in [1.165, 1.54) is 38.1 Å². The molecule has 2 saturated carbocycles. The zero-order valence-corrected chi connectivity index (χ0v) is 10.3. The first kappa shape index (κ1) is 11.7. The van der Waals surface area contributed by atoms with Crippen molar-refractivity contribution in [2.45, 2.75) is 32.1 Å². The highest BCUT2D eigenvalue weighted by atomic mass is 17.2. The third kappa shape index (κ3) is 2.90. The van der Waals surface area contributed by atoms with Gasteiger partial charge >= 0.3 is 6.09 Å². The summed E-state index contributed by atoms with van der Waals surface area (Å²) in [6.07, 6.45) is 8.95. The van der Waals surface area contributed by atoms with E-state index in [2.05, 4.69) is 5.10 Å². The molecule has 2 aliphatic carbocycles. The van der Waals surface area contributed by atoms with Gasteiger partial charge in [-0.1, -0.05) is 0 Å². The van der Waals surface area contributed by atoms with Gasteiger partial charge in [0, 0.05) is 12.4 Å². The van der Waals surface area contributed by atoms with E-state index in [4.69, 9.17) is 9.78 Å². The number of aromatic nitrogens is 2. The van der Waals surface area contributed by atoms with E-state index in [0.29, 0.717) is 6.61 Å². The minimum absolute atomic E-state index is 0.491. The molecule has 98 valence electrons. The van der Waals surface area contributed by atoms with E-state index in [-0.39, 0.29) is 0 Å². The van der Waals surface area contributed by atoms with Crippen LogP contribution < -0.4 is 0 Å². The van der Waals surface area contributed by atoms with Crippen molar-refractivity contribution in [3.8, 4) is 0 Å². The van der Waals surface area contributed by atoms with Gasteiger partial charge in [0.05, 0.1) is 6.61 Å². The van der Waals surface area contributed by atoms with Gasteiger partial charge in [-0.2, -0.15) is 14.7 Å². The molecule has 5 heteroatoms. The lowest BCUT2D eigenvalue weighted by Gasteiger charge is -2.14. The van der Waals surface area contributed by atoms with Crippen LogP contribution >= 0.6 is 0 Å². The molecule has 0 saturated heterocycles. The van der Waals surface area contributed by atoms with Gasteiger partial charge in [-0.05, 0) is 55.9 Å². The van der Waals surface area contributed by atoms with Crippen LogP contribution in [0.15, 0.2) is 18.5 Å². The molecular weight excluding hydrogens is 232 g/mol. The smallest absolute Gasteiger partial charge is 0.274 e. The van der Waals surface area contributed by atoms with Crippen molar-refractivity contribution in [3.63, 3.8) is 0 Å². The number of nitrogens with zero attached hydrogens (tertiary/aromatic N) is 2. The van der Waals surface area contributed by atoms with Gasteiger partial charge in [0.2, 0.25) is 0 Å². The third-order valence-corrected chi connectivity index (χ3v) is 3.81. The predicted molar refractivity (Wildman–Crippen MR) is 63.6 cm³/mol. The molecule has 1 heterocycles. The minimum Gasteiger partial charge on any atom is -0.274 e. The van der Waals surface area contributed by atoms with E-state index in [1.807, 2.05) is 0 Å². The van der Waals surface area contributed by atoms with Crippen LogP contribution in [-0.2, 0) is 9.78 Å². The van der Waals surface area contributed by atoms with Crippen molar-refractivity contribution in [2.24, 2.45) is 17.8 Å². The summed E-state index contributed by atoms with van der Waals surface area (Å²) in [5.74, 6) is 2.60. The highest BCUT2D eigenvalue weighted by Gasteiger charge is 2.40. The topological polar surface area (TPSA) is 53.4 Å². The maximum absolute atomic E-state index is 11.4. The first-order chi connectivity index (χ1) is 8.84. The Morgan fingerprint density at radius 3 is 2.61 bits per heavy atom. The number of hydrogen-bond acceptors (Lipinski definition) is 4. The Balaban J connectivity index is 1.35. The van der Waals surface area contributed by atoms with Crippen molar-refractivity contribution in [1.82, 2.24) is 9.78 Å². The normalized spacial score (nSPS) is 19.2. The van der Waals surface area contributed by atoms with Gasteiger partial charge in [-0.15, -0.1) is 0 Å². The van der Waals surface area contributed by atoms with Gasteiger partial charge in [-0.25, -0.2) is 4.79 Å². The van der Waals surface area contributed by atoms with Crippen LogP contribution in [0.3, 0.4) is 0 Å². The molecular formula is C13H18N2O3. The highest BCUT2D eigenvalue weighted by Crippen LogP contribution is 2.50. The fourth-order valence-corrected chi connectivity index (χ4v) is 2.60. The largest absolute Gasteiger partial charge is 0.465 e. The molecule has 0 bridgehead atoms. The molecule has 0 N–H and O–H groups in total. The molecule has 0 aromatic carbocycles. The summed E-state index contributed by atoms with van der Waals surface area (Å²) in [7, 11) is 0. The number of hydrogen-bond donors (Lipinski definition) is 0. The van der Waals surface area contributed by atoms with Crippen LogP contribution in [0.5, 0.6) is 0 Å². The zero-order chi connectivity index (χ0) is 12.4. The van der Waals surface area contributed by atoms with Gasteiger partial charge in [-0.3, -0.25) is 4.89 Å². The second-order valence-corrected chi connectivity index (χ2v) is 5.25. The van der Waals surface area contributed by atoms with Crippen LogP contribution in [0.4, 0.5) is 4.79 Å². The molecule has 2 fully saturated rings. The lowest BCUT2D eigenvalue weighted by Crippen LogP contribution is -2.16. The van der Waals surface area contributed by atoms with Crippen molar-refractivity contribution >= 4 is 6.09 Å². The molecule has 1 aromatic rings. The predicted octanol–water partition coefficient (Wildman–Crippen LogP) is 2.63. The van der Waals surface area contributed by atoms with E-state index < -0.39 is 6.09 Å². The lowest BCUT2D eigenvalue weighted by atomic mass is 9.95. The summed E-state index contributed by atoms with van der Waals surface area (Å²) in [6.45, 7) is 0.491. The Morgan fingerprint density at radius 2 is 2.06 bits per heavy atom. The maximum Gasteiger partial charge on any atom is 0.465 e. The summed E-state index contributed by atoms with van der Waals surface area (Å²) in [6, 6.07) is 1.66. The molecule has 0 amide bonds. The van der Waals surface area contributed by atoms with E-state index in [0.717, 1.165) is 28.9 Å². The number of rotatable bonds is 6. The molecule has 2 aliphatic rings. The van der Waals surface area contributed by atoms with Crippen molar-refractivity contribution in [1.29, 1.82) is 0 Å². The molecule has 18 heavy (non-hydrogen) atoms. The van der Waals surface area contributed by atoms with Crippen LogP contribution in [-0.4, -0.2) is 22.5 Å². The average molecular weight is 250 g/mol. The Morgan fingerprint density at radius 1 is 1.33 bits per heavy atom.